The number of alkyl halides is 1. The van der Waals surface area contributed by atoms with Gasteiger partial charge in [-0.15, -0.1) is 0 Å². The maximum Gasteiger partial charge on any atom is 0.225 e. The fourth-order valence-corrected chi connectivity index (χ4v) is 4.70. The van der Waals surface area contributed by atoms with Crippen LogP contribution in [0.4, 0.5) is 4.39 Å². The summed E-state index contributed by atoms with van der Waals surface area (Å²) in [5, 5.41) is 0. The van der Waals surface area contributed by atoms with Crippen molar-refractivity contribution in [1.82, 2.24) is 14.7 Å². The lowest BCUT2D eigenvalue weighted by atomic mass is 9.79. The zero-order valence-electron chi connectivity index (χ0n) is 18.4. The third-order valence-electron chi connectivity index (χ3n) is 6.73. The number of Topliss-reactive ketones (excluding diaryl/α,β-unsaturated/α-hetero) is 1. The lowest BCUT2D eigenvalue weighted by Gasteiger charge is -2.42. The number of halogens is 1. The molecule has 1 amide bonds. The van der Waals surface area contributed by atoms with Crippen molar-refractivity contribution < 1.29 is 14.0 Å². The number of piperidine rings is 1. The SMILES string of the molecule is CC.CC(=O)C1CCC(C(=O)N2CCC(F)(CN3CCN(C)CC3)CC2)CC1. The second kappa shape index (κ2) is 10.7. The van der Waals surface area contributed by atoms with Gasteiger partial charge in [-0.2, -0.15) is 0 Å². The Hall–Kier alpha value is -1.01. The summed E-state index contributed by atoms with van der Waals surface area (Å²) in [6, 6.07) is 0. The molecule has 5 nitrogen and oxygen atoms in total. The van der Waals surface area contributed by atoms with E-state index < -0.39 is 5.67 Å². The fraction of sp³-hybridized carbons (Fsp3) is 0.909. The number of likely N-dealkylation sites (tertiary alicyclic amines) is 1. The summed E-state index contributed by atoms with van der Waals surface area (Å²) >= 11 is 0. The van der Waals surface area contributed by atoms with Crippen LogP contribution in [0.25, 0.3) is 0 Å². The molecule has 3 aliphatic rings. The van der Waals surface area contributed by atoms with Gasteiger partial charge >= 0.3 is 0 Å². The van der Waals surface area contributed by atoms with Gasteiger partial charge in [0.05, 0.1) is 0 Å². The molecule has 6 heteroatoms. The smallest absolute Gasteiger partial charge is 0.225 e. The van der Waals surface area contributed by atoms with Crippen molar-refractivity contribution in [3.05, 3.63) is 0 Å². The number of piperazine rings is 1. The summed E-state index contributed by atoms with van der Waals surface area (Å²) in [5.74, 6) is 0.617. The van der Waals surface area contributed by atoms with Crippen molar-refractivity contribution in [2.45, 2.75) is 65.0 Å². The van der Waals surface area contributed by atoms with Crippen LogP contribution in [-0.4, -0.2) is 84.9 Å². The Balaban J connectivity index is 0.00000136. The molecule has 0 N–H and O–H groups in total. The molecule has 0 radical (unpaired) electrons. The summed E-state index contributed by atoms with van der Waals surface area (Å²) in [7, 11) is 2.11. The third-order valence-corrected chi connectivity index (χ3v) is 6.73. The Labute approximate surface area is 170 Å². The fourth-order valence-electron chi connectivity index (χ4n) is 4.70. The summed E-state index contributed by atoms with van der Waals surface area (Å²) in [6.07, 6.45) is 4.18. The molecule has 0 spiro atoms. The molecular formula is C22H40FN3O2. The average Bonchev–Trinajstić information content (AvgIpc) is 2.71. The Morgan fingerprint density at radius 1 is 0.893 bits per heavy atom. The van der Waals surface area contributed by atoms with Gasteiger partial charge in [-0.05, 0) is 39.7 Å². The number of ketones is 1. The Morgan fingerprint density at radius 3 is 1.89 bits per heavy atom. The van der Waals surface area contributed by atoms with E-state index in [9.17, 15) is 9.59 Å². The maximum atomic E-state index is 15.2. The summed E-state index contributed by atoms with van der Waals surface area (Å²) < 4.78 is 15.2. The highest BCUT2D eigenvalue weighted by Gasteiger charge is 2.39. The highest BCUT2D eigenvalue weighted by molar-refractivity contribution is 5.81. The highest BCUT2D eigenvalue weighted by atomic mass is 19.1. The summed E-state index contributed by atoms with van der Waals surface area (Å²) in [4.78, 5) is 30.6. The first-order valence-electron chi connectivity index (χ1n) is 11.3. The van der Waals surface area contributed by atoms with Crippen LogP contribution in [-0.2, 0) is 9.59 Å². The minimum absolute atomic E-state index is 0.0374. The quantitative estimate of drug-likeness (QED) is 0.732. The summed E-state index contributed by atoms with van der Waals surface area (Å²) in [5.41, 5.74) is -1.15. The molecule has 2 saturated heterocycles. The summed E-state index contributed by atoms with van der Waals surface area (Å²) in [6.45, 7) is 11.1. The highest BCUT2D eigenvalue weighted by Crippen LogP contribution is 2.33. The van der Waals surface area contributed by atoms with E-state index in [4.69, 9.17) is 0 Å². The van der Waals surface area contributed by atoms with Gasteiger partial charge in [0.2, 0.25) is 5.91 Å². The van der Waals surface area contributed by atoms with Gasteiger partial charge in [-0.1, -0.05) is 13.8 Å². The second-order valence-corrected chi connectivity index (χ2v) is 8.71. The van der Waals surface area contributed by atoms with E-state index >= 15 is 4.39 Å². The minimum Gasteiger partial charge on any atom is -0.342 e. The van der Waals surface area contributed by atoms with Crippen molar-refractivity contribution >= 4 is 11.7 Å². The number of amides is 1. The van der Waals surface area contributed by atoms with Gasteiger partial charge in [-0.25, -0.2) is 4.39 Å². The zero-order valence-corrected chi connectivity index (χ0v) is 18.4. The molecule has 0 atom stereocenters. The van der Waals surface area contributed by atoms with Crippen LogP contribution in [0.3, 0.4) is 0 Å². The molecule has 1 aliphatic carbocycles. The van der Waals surface area contributed by atoms with Crippen molar-refractivity contribution in [2.75, 3.05) is 52.9 Å². The van der Waals surface area contributed by atoms with E-state index in [1.54, 1.807) is 6.92 Å². The molecular weight excluding hydrogens is 357 g/mol. The Kier molecular flexibility index (Phi) is 8.87. The molecule has 0 aromatic carbocycles. The van der Waals surface area contributed by atoms with E-state index in [-0.39, 0.29) is 23.5 Å². The molecule has 0 aromatic heterocycles. The monoisotopic (exact) mass is 397 g/mol. The molecule has 162 valence electrons. The third kappa shape index (κ3) is 6.24. The Bertz CT molecular complexity index is 504. The zero-order chi connectivity index (χ0) is 20.7. The standard InChI is InChI=1S/C20H34FN3O2.C2H6/c1-16(25)17-3-5-18(6-4-17)19(26)24-9-7-20(21,8-10-24)15-23-13-11-22(2)12-14-23;1-2/h17-18H,3-15H2,1-2H3;1-2H3. The Morgan fingerprint density at radius 2 is 1.39 bits per heavy atom. The van der Waals surface area contributed by atoms with E-state index in [1.807, 2.05) is 18.7 Å². The van der Waals surface area contributed by atoms with Crippen molar-refractivity contribution in [3.63, 3.8) is 0 Å². The van der Waals surface area contributed by atoms with Crippen LogP contribution in [0.5, 0.6) is 0 Å². The predicted molar refractivity (Wildman–Crippen MR) is 111 cm³/mol. The number of hydrogen-bond acceptors (Lipinski definition) is 4. The van der Waals surface area contributed by atoms with Gasteiger partial charge < -0.3 is 9.80 Å². The number of hydrogen-bond donors (Lipinski definition) is 0. The number of likely N-dealkylation sites (N-methyl/N-ethyl adjacent to an activating group) is 1. The van der Waals surface area contributed by atoms with Crippen LogP contribution in [0, 0.1) is 11.8 Å². The molecule has 2 aliphatic heterocycles. The molecule has 28 heavy (non-hydrogen) atoms. The molecule has 0 bridgehead atoms. The molecule has 3 fully saturated rings. The van der Waals surface area contributed by atoms with E-state index in [0.717, 1.165) is 51.9 Å². The van der Waals surface area contributed by atoms with Crippen molar-refractivity contribution in [1.29, 1.82) is 0 Å². The maximum absolute atomic E-state index is 15.2. The lowest BCUT2D eigenvalue weighted by molar-refractivity contribution is -0.140. The van der Waals surface area contributed by atoms with E-state index in [0.29, 0.717) is 32.5 Å². The predicted octanol–water partition coefficient (Wildman–Crippen LogP) is 2.99. The first-order valence-corrected chi connectivity index (χ1v) is 11.3. The normalized spacial score (nSPS) is 29.0. The molecule has 0 aromatic rings. The number of carbonyl (C=O) groups is 2. The second-order valence-electron chi connectivity index (χ2n) is 8.71. The van der Waals surface area contributed by atoms with Gasteiger partial charge in [0.25, 0.3) is 0 Å². The van der Waals surface area contributed by atoms with Crippen LogP contribution in [0.2, 0.25) is 0 Å². The largest absolute Gasteiger partial charge is 0.342 e. The van der Waals surface area contributed by atoms with Crippen molar-refractivity contribution in [2.24, 2.45) is 11.8 Å². The minimum atomic E-state index is -1.15. The van der Waals surface area contributed by atoms with Crippen LogP contribution in [0.15, 0.2) is 0 Å². The number of nitrogens with zero attached hydrogens (tertiary/aromatic N) is 3. The molecule has 1 saturated carbocycles. The van der Waals surface area contributed by atoms with Gasteiger partial charge in [0, 0.05) is 70.5 Å². The number of rotatable bonds is 4. The van der Waals surface area contributed by atoms with Crippen LogP contribution in [0.1, 0.15) is 59.3 Å². The van der Waals surface area contributed by atoms with E-state index in [1.165, 1.54) is 0 Å². The van der Waals surface area contributed by atoms with Crippen molar-refractivity contribution in [3.8, 4) is 0 Å². The van der Waals surface area contributed by atoms with E-state index in [2.05, 4.69) is 16.8 Å². The molecule has 2 heterocycles. The molecule has 0 unspecified atom stereocenters. The van der Waals surface area contributed by atoms with Crippen LogP contribution >= 0.6 is 0 Å². The lowest BCUT2D eigenvalue weighted by Crippen LogP contribution is -2.54. The number of carbonyl (C=O) groups excluding carboxylic acids is 2. The average molecular weight is 398 g/mol. The van der Waals surface area contributed by atoms with Gasteiger partial charge in [0.1, 0.15) is 11.5 Å². The topological polar surface area (TPSA) is 43.9 Å². The van der Waals surface area contributed by atoms with Crippen LogP contribution < -0.4 is 0 Å². The van der Waals surface area contributed by atoms with Gasteiger partial charge in [-0.3, -0.25) is 14.5 Å². The first-order chi connectivity index (χ1) is 13.4. The van der Waals surface area contributed by atoms with Gasteiger partial charge in [0.15, 0.2) is 0 Å². The first kappa shape index (κ1) is 23.3. The molecule has 3 rings (SSSR count).